The first-order chi connectivity index (χ1) is 9.40. The molecule has 0 saturated heterocycles. The molecular weight excluding hydrogens is 302 g/mol. The molecule has 104 valence electrons. The average Bonchev–Trinajstić information content (AvgIpc) is 2.61. The van der Waals surface area contributed by atoms with Gasteiger partial charge in [-0.3, -0.25) is 0 Å². The van der Waals surface area contributed by atoms with Crippen LogP contribution in [0, 0.1) is 0 Å². The van der Waals surface area contributed by atoms with E-state index in [4.69, 9.17) is 0 Å². The van der Waals surface area contributed by atoms with Crippen molar-refractivity contribution in [3.63, 3.8) is 0 Å². The normalized spacial score (nSPS) is 19.4. The maximum Gasteiger partial charge on any atom is 0.135 e. The van der Waals surface area contributed by atoms with Gasteiger partial charge in [0.15, 0.2) is 0 Å². The number of fused-ring (bicyclic) bond motifs is 1. The van der Waals surface area contributed by atoms with Gasteiger partial charge in [0.1, 0.15) is 12.1 Å². The summed E-state index contributed by atoms with van der Waals surface area (Å²) in [5.74, 6) is 1.23. The lowest BCUT2D eigenvalue weighted by Gasteiger charge is -2.39. The Balaban J connectivity index is 1.93. The maximum atomic E-state index is 4.65. The molecule has 1 heterocycles. The van der Waals surface area contributed by atoms with E-state index in [1.807, 2.05) is 0 Å². The first-order valence-electron chi connectivity index (χ1n) is 7.55. The number of aryl methyl sites for hydroxylation is 1. The number of rotatable bonds is 4. The Hall–Kier alpha value is -0.640. The van der Waals surface area contributed by atoms with E-state index in [1.165, 1.54) is 55.6 Å². The summed E-state index contributed by atoms with van der Waals surface area (Å²) in [7, 11) is 0. The predicted octanol–water partition coefficient (Wildman–Crippen LogP) is 3.50. The Morgan fingerprint density at radius 3 is 2.68 bits per heavy atom. The van der Waals surface area contributed by atoms with Crippen molar-refractivity contribution in [2.75, 3.05) is 16.8 Å². The first kappa shape index (κ1) is 13.3. The second-order valence-corrected chi connectivity index (χ2v) is 6.44. The molecule has 1 aromatic rings. The average molecular weight is 324 g/mol. The number of aromatic nitrogens is 2. The number of anilines is 1. The Morgan fingerprint density at radius 2 is 1.95 bits per heavy atom. The highest BCUT2D eigenvalue weighted by Gasteiger charge is 2.28. The molecule has 0 bridgehead atoms. The molecule has 1 saturated carbocycles. The highest BCUT2D eigenvalue weighted by molar-refractivity contribution is 9.09. The molecule has 0 spiro atoms. The molecule has 0 amide bonds. The van der Waals surface area contributed by atoms with Gasteiger partial charge in [0.2, 0.25) is 0 Å². The maximum absolute atomic E-state index is 4.65. The van der Waals surface area contributed by atoms with Crippen LogP contribution < -0.4 is 4.90 Å². The molecule has 2 aliphatic rings. The van der Waals surface area contributed by atoms with Gasteiger partial charge in [-0.05, 0) is 44.9 Å². The van der Waals surface area contributed by atoms with Gasteiger partial charge in [-0.15, -0.1) is 0 Å². The number of halogens is 1. The van der Waals surface area contributed by atoms with Gasteiger partial charge < -0.3 is 4.90 Å². The molecule has 0 aliphatic heterocycles. The van der Waals surface area contributed by atoms with Gasteiger partial charge in [-0.25, -0.2) is 9.97 Å². The summed E-state index contributed by atoms with van der Waals surface area (Å²) in [5.41, 5.74) is 2.74. The summed E-state index contributed by atoms with van der Waals surface area (Å²) in [6, 6.07) is 0.708. The minimum Gasteiger partial charge on any atom is -0.352 e. The second kappa shape index (κ2) is 6.21. The smallest absolute Gasteiger partial charge is 0.135 e. The van der Waals surface area contributed by atoms with Gasteiger partial charge in [-0.2, -0.15) is 0 Å². The summed E-state index contributed by atoms with van der Waals surface area (Å²) >= 11 is 3.60. The van der Waals surface area contributed by atoms with E-state index in [1.54, 1.807) is 6.33 Å². The third kappa shape index (κ3) is 2.78. The molecule has 0 N–H and O–H groups in total. The van der Waals surface area contributed by atoms with Crippen molar-refractivity contribution in [2.24, 2.45) is 0 Å². The minimum absolute atomic E-state index is 0.708. The second-order valence-electron chi connectivity index (χ2n) is 5.65. The van der Waals surface area contributed by atoms with E-state index in [0.717, 1.165) is 24.7 Å². The van der Waals surface area contributed by atoms with Crippen molar-refractivity contribution < 1.29 is 0 Å². The van der Waals surface area contributed by atoms with Crippen molar-refractivity contribution >= 4 is 21.7 Å². The van der Waals surface area contributed by atoms with Crippen LogP contribution in [-0.2, 0) is 12.8 Å². The predicted molar refractivity (Wildman–Crippen MR) is 82.1 cm³/mol. The fourth-order valence-corrected chi connectivity index (χ4v) is 3.56. The fraction of sp³-hybridized carbons (Fsp3) is 0.733. The number of alkyl halides is 1. The molecule has 2 aliphatic carbocycles. The molecule has 0 aromatic carbocycles. The molecule has 0 unspecified atom stereocenters. The van der Waals surface area contributed by atoms with Gasteiger partial charge in [0.05, 0.1) is 0 Å². The lowest BCUT2D eigenvalue weighted by atomic mass is 9.91. The molecule has 0 radical (unpaired) electrons. The van der Waals surface area contributed by atoms with Gasteiger partial charge >= 0.3 is 0 Å². The van der Waals surface area contributed by atoms with Gasteiger partial charge in [-0.1, -0.05) is 22.4 Å². The van der Waals surface area contributed by atoms with E-state index < -0.39 is 0 Å². The largest absolute Gasteiger partial charge is 0.352 e. The lowest BCUT2D eigenvalue weighted by Crippen LogP contribution is -2.42. The summed E-state index contributed by atoms with van der Waals surface area (Å²) < 4.78 is 0. The fourth-order valence-electron chi connectivity index (χ4n) is 3.18. The summed E-state index contributed by atoms with van der Waals surface area (Å²) in [5, 5.41) is 1.02. The van der Waals surface area contributed by atoms with Crippen LogP contribution in [-0.4, -0.2) is 27.9 Å². The molecule has 3 rings (SSSR count). The molecule has 0 atom stereocenters. The first-order valence-corrected chi connectivity index (χ1v) is 8.67. The van der Waals surface area contributed by atoms with Crippen LogP contribution in [0.4, 0.5) is 5.82 Å². The van der Waals surface area contributed by atoms with Crippen molar-refractivity contribution in [1.29, 1.82) is 0 Å². The summed E-state index contributed by atoms with van der Waals surface area (Å²) in [6.45, 7) is 1.06. The third-order valence-electron chi connectivity index (χ3n) is 4.47. The molecule has 19 heavy (non-hydrogen) atoms. The Labute approximate surface area is 124 Å². The zero-order chi connectivity index (χ0) is 13.1. The zero-order valence-electron chi connectivity index (χ0n) is 11.4. The molecule has 1 fully saturated rings. The van der Waals surface area contributed by atoms with Crippen LogP contribution in [0.2, 0.25) is 0 Å². The zero-order valence-corrected chi connectivity index (χ0v) is 13.0. The SMILES string of the molecule is BrCCN(c1ncnc2c1CCCCC2)C1CCC1. The third-order valence-corrected chi connectivity index (χ3v) is 4.82. The van der Waals surface area contributed by atoms with Crippen LogP contribution in [0.5, 0.6) is 0 Å². The summed E-state index contributed by atoms with van der Waals surface area (Å²) in [6.07, 6.45) is 12.0. The van der Waals surface area contributed by atoms with E-state index in [0.29, 0.717) is 6.04 Å². The molecule has 4 heteroatoms. The van der Waals surface area contributed by atoms with Gasteiger partial charge in [0, 0.05) is 29.2 Å². The van der Waals surface area contributed by atoms with E-state index in [2.05, 4.69) is 30.8 Å². The highest BCUT2D eigenvalue weighted by atomic mass is 79.9. The number of hydrogen-bond donors (Lipinski definition) is 0. The minimum atomic E-state index is 0.708. The van der Waals surface area contributed by atoms with Crippen LogP contribution in [0.25, 0.3) is 0 Å². The van der Waals surface area contributed by atoms with Crippen LogP contribution >= 0.6 is 15.9 Å². The number of hydrogen-bond acceptors (Lipinski definition) is 3. The van der Waals surface area contributed by atoms with Crippen molar-refractivity contribution in [1.82, 2.24) is 9.97 Å². The van der Waals surface area contributed by atoms with Crippen LogP contribution in [0.1, 0.15) is 49.8 Å². The van der Waals surface area contributed by atoms with E-state index in [-0.39, 0.29) is 0 Å². The molecular formula is C15H22BrN3. The molecule has 3 nitrogen and oxygen atoms in total. The van der Waals surface area contributed by atoms with Crippen LogP contribution in [0.15, 0.2) is 6.33 Å². The number of nitrogens with zero attached hydrogens (tertiary/aromatic N) is 3. The Bertz CT molecular complexity index is 431. The lowest BCUT2D eigenvalue weighted by molar-refractivity contribution is 0.388. The van der Waals surface area contributed by atoms with Gasteiger partial charge in [0.25, 0.3) is 0 Å². The Kier molecular flexibility index (Phi) is 4.36. The van der Waals surface area contributed by atoms with Crippen molar-refractivity contribution in [3.05, 3.63) is 17.6 Å². The highest BCUT2D eigenvalue weighted by Crippen LogP contribution is 2.33. The standard InChI is InChI=1S/C15H22BrN3/c16-9-10-19(12-5-4-6-12)15-13-7-2-1-3-8-14(13)17-11-18-15/h11-12H,1-10H2. The topological polar surface area (TPSA) is 29.0 Å². The van der Waals surface area contributed by atoms with Crippen LogP contribution in [0.3, 0.4) is 0 Å². The summed E-state index contributed by atoms with van der Waals surface area (Å²) in [4.78, 5) is 11.7. The Morgan fingerprint density at radius 1 is 1.11 bits per heavy atom. The van der Waals surface area contributed by atoms with E-state index >= 15 is 0 Å². The quantitative estimate of drug-likeness (QED) is 0.627. The van der Waals surface area contributed by atoms with E-state index in [9.17, 15) is 0 Å². The van der Waals surface area contributed by atoms with Crippen molar-refractivity contribution in [2.45, 2.75) is 57.4 Å². The molecule has 1 aromatic heterocycles. The monoisotopic (exact) mass is 323 g/mol. The van der Waals surface area contributed by atoms with Crippen molar-refractivity contribution in [3.8, 4) is 0 Å².